The fraction of sp³-hybridized carbons (Fsp3) is 0.500. The molecule has 1 fully saturated rings. The summed E-state index contributed by atoms with van der Waals surface area (Å²) in [6, 6.07) is 5.88. The molecule has 1 atom stereocenters. The molecule has 7 nitrogen and oxygen atoms in total. The number of methoxy groups -OCH3 is 2. The third-order valence-electron chi connectivity index (χ3n) is 6.16. The van der Waals surface area contributed by atoms with Gasteiger partial charge in [-0.15, -0.1) is 0 Å². The number of Topliss-reactive ketones (excluding diaryl/α,β-unsaturated/α-hetero) is 1. The summed E-state index contributed by atoms with van der Waals surface area (Å²) in [6.07, 6.45) is 2.92. The maximum Gasteiger partial charge on any atom is 0.225 e. The van der Waals surface area contributed by atoms with Crippen LogP contribution in [0.4, 0.5) is 5.95 Å². The minimum Gasteiger partial charge on any atom is -0.493 e. The first kappa shape index (κ1) is 19.6. The van der Waals surface area contributed by atoms with Crippen molar-refractivity contribution in [3.63, 3.8) is 0 Å². The second-order valence-corrected chi connectivity index (χ2v) is 7.76. The summed E-state index contributed by atoms with van der Waals surface area (Å²) in [5.74, 6) is 2.32. The van der Waals surface area contributed by atoms with Gasteiger partial charge in [0.15, 0.2) is 17.3 Å². The lowest BCUT2D eigenvalue weighted by Gasteiger charge is -2.32. The van der Waals surface area contributed by atoms with E-state index in [0.29, 0.717) is 23.5 Å². The van der Waals surface area contributed by atoms with E-state index < -0.39 is 0 Å². The summed E-state index contributed by atoms with van der Waals surface area (Å²) in [5, 5.41) is 0. The molecule has 2 aliphatic rings. The lowest BCUT2D eigenvalue weighted by atomic mass is 9.82. The molecule has 0 unspecified atom stereocenters. The second kappa shape index (κ2) is 8.37. The minimum absolute atomic E-state index is 0.0824. The normalized spacial score (nSPS) is 19.8. The van der Waals surface area contributed by atoms with Crippen LogP contribution in [0.2, 0.25) is 0 Å². The molecular weight excluding hydrogens is 368 g/mol. The van der Waals surface area contributed by atoms with Crippen LogP contribution in [0.15, 0.2) is 24.4 Å². The van der Waals surface area contributed by atoms with Crippen LogP contribution in [0.3, 0.4) is 0 Å². The molecule has 29 heavy (non-hydrogen) atoms. The number of rotatable bonds is 5. The van der Waals surface area contributed by atoms with E-state index in [1.54, 1.807) is 25.3 Å². The smallest absolute Gasteiger partial charge is 0.225 e. The minimum atomic E-state index is 0.0824. The van der Waals surface area contributed by atoms with Crippen LogP contribution in [0.5, 0.6) is 11.5 Å². The maximum atomic E-state index is 12.8. The topological polar surface area (TPSA) is 69.0 Å². The summed E-state index contributed by atoms with van der Waals surface area (Å²) >= 11 is 0. The number of carbonyl (C=O) groups is 1. The Labute approximate surface area is 171 Å². The molecule has 1 aliphatic carbocycles. The van der Waals surface area contributed by atoms with E-state index in [-0.39, 0.29) is 11.7 Å². The number of piperazine rings is 1. The highest BCUT2D eigenvalue weighted by atomic mass is 16.5. The standard InChI is InChI=1S/C22H28N4O3/c1-4-25-7-9-26(10-8-25)22-23-14-17-18(24-22)11-16(12-19(17)27)15-5-6-20(28-2)21(13-15)29-3/h5-6,13-14,16H,4,7-12H2,1-3H3/p+1/t16-/m0/s1. The van der Waals surface area contributed by atoms with Crippen molar-refractivity contribution in [2.75, 3.05) is 51.8 Å². The molecule has 1 aliphatic heterocycles. The van der Waals surface area contributed by atoms with E-state index in [9.17, 15) is 4.79 Å². The number of ether oxygens (including phenoxy) is 2. The van der Waals surface area contributed by atoms with E-state index in [1.807, 2.05) is 18.2 Å². The number of ketones is 1. The van der Waals surface area contributed by atoms with Gasteiger partial charge in [-0.1, -0.05) is 6.07 Å². The number of fused-ring (bicyclic) bond motifs is 1. The Morgan fingerprint density at radius 3 is 2.59 bits per heavy atom. The predicted octanol–water partition coefficient (Wildman–Crippen LogP) is 1.13. The number of benzene rings is 1. The van der Waals surface area contributed by atoms with Gasteiger partial charge in [0.25, 0.3) is 0 Å². The van der Waals surface area contributed by atoms with Crippen molar-refractivity contribution in [3.8, 4) is 11.5 Å². The number of anilines is 1. The highest BCUT2D eigenvalue weighted by molar-refractivity contribution is 5.98. The molecule has 0 bridgehead atoms. The van der Waals surface area contributed by atoms with Gasteiger partial charge >= 0.3 is 0 Å². The molecule has 4 rings (SSSR count). The molecule has 0 saturated carbocycles. The predicted molar refractivity (Wildman–Crippen MR) is 110 cm³/mol. The zero-order valence-corrected chi connectivity index (χ0v) is 17.4. The van der Waals surface area contributed by atoms with Crippen LogP contribution < -0.4 is 19.3 Å². The third kappa shape index (κ3) is 3.92. The SMILES string of the molecule is CC[NH+]1CCN(c2ncc3c(n2)C[C@H](c2ccc(OC)c(OC)c2)CC3=O)CC1. The van der Waals surface area contributed by atoms with Crippen LogP contribution in [0, 0.1) is 0 Å². The average molecular weight is 397 g/mol. The summed E-state index contributed by atoms with van der Waals surface area (Å²) in [5.41, 5.74) is 2.60. The van der Waals surface area contributed by atoms with Crippen molar-refractivity contribution >= 4 is 11.7 Å². The van der Waals surface area contributed by atoms with Gasteiger partial charge in [0.2, 0.25) is 5.95 Å². The van der Waals surface area contributed by atoms with Gasteiger partial charge in [-0.3, -0.25) is 4.79 Å². The van der Waals surface area contributed by atoms with Gasteiger partial charge < -0.3 is 19.3 Å². The van der Waals surface area contributed by atoms with E-state index in [4.69, 9.17) is 14.5 Å². The maximum absolute atomic E-state index is 12.8. The zero-order chi connectivity index (χ0) is 20.4. The highest BCUT2D eigenvalue weighted by Crippen LogP contribution is 2.36. The second-order valence-electron chi connectivity index (χ2n) is 7.76. The van der Waals surface area contributed by atoms with Gasteiger partial charge in [-0.2, -0.15) is 0 Å². The van der Waals surface area contributed by atoms with Crippen LogP contribution in [0.25, 0.3) is 0 Å². The Morgan fingerprint density at radius 1 is 1.14 bits per heavy atom. The Bertz CT molecular complexity index is 894. The van der Waals surface area contributed by atoms with Crippen molar-refractivity contribution < 1.29 is 19.2 Å². The Kier molecular flexibility index (Phi) is 5.67. The van der Waals surface area contributed by atoms with Gasteiger partial charge in [0, 0.05) is 12.6 Å². The fourth-order valence-corrected chi connectivity index (χ4v) is 4.31. The van der Waals surface area contributed by atoms with Gasteiger partial charge in [0.1, 0.15) is 0 Å². The lowest BCUT2D eigenvalue weighted by molar-refractivity contribution is -0.898. The highest BCUT2D eigenvalue weighted by Gasteiger charge is 2.30. The molecule has 2 heterocycles. The van der Waals surface area contributed by atoms with E-state index in [0.717, 1.165) is 56.4 Å². The molecule has 1 N–H and O–H groups in total. The van der Waals surface area contributed by atoms with E-state index in [2.05, 4.69) is 16.8 Å². The molecule has 1 saturated heterocycles. The summed E-state index contributed by atoms with van der Waals surface area (Å²) in [7, 11) is 3.25. The number of carbonyl (C=O) groups excluding carboxylic acids is 1. The number of hydrogen-bond acceptors (Lipinski definition) is 6. The molecule has 0 amide bonds. The summed E-state index contributed by atoms with van der Waals surface area (Å²) < 4.78 is 10.8. The molecule has 7 heteroatoms. The average Bonchev–Trinajstić information content (AvgIpc) is 2.78. The number of hydrogen-bond donors (Lipinski definition) is 1. The quantitative estimate of drug-likeness (QED) is 0.816. The third-order valence-corrected chi connectivity index (χ3v) is 6.16. The van der Waals surface area contributed by atoms with Crippen molar-refractivity contribution in [3.05, 3.63) is 41.2 Å². The zero-order valence-electron chi connectivity index (χ0n) is 17.4. The number of likely N-dealkylation sites (N-methyl/N-ethyl adjacent to an activating group) is 1. The number of aromatic nitrogens is 2. The number of quaternary nitrogens is 1. The van der Waals surface area contributed by atoms with Crippen molar-refractivity contribution in [1.82, 2.24) is 9.97 Å². The Balaban J connectivity index is 1.57. The molecule has 1 aromatic heterocycles. The Morgan fingerprint density at radius 2 is 1.90 bits per heavy atom. The summed E-state index contributed by atoms with van der Waals surface area (Å²) in [6.45, 7) is 7.49. The summed E-state index contributed by atoms with van der Waals surface area (Å²) in [4.78, 5) is 25.9. The van der Waals surface area contributed by atoms with Crippen molar-refractivity contribution in [2.45, 2.75) is 25.7 Å². The van der Waals surface area contributed by atoms with Gasteiger partial charge in [-0.05, 0) is 37.0 Å². The Hall–Kier alpha value is -2.67. The van der Waals surface area contributed by atoms with Gasteiger partial charge in [0.05, 0.1) is 58.2 Å². The lowest BCUT2D eigenvalue weighted by Crippen LogP contribution is -3.14. The van der Waals surface area contributed by atoms with Crippen LogP contribution in [0.1, 0.15) is 40.9 Å². The van der Waals surface area contributed by atoms with E-state index >= 15 is 0 Å². The molecule has 0 spiro atoms. The van der Waals surface area contributed by atoms with Crippen LogP contribution in [-0.4, -0.2) is 62.7 Å². The molecule has 2 aromatic rings. The molecule has 0 radical (unpaired) electrons. The monoisotopic (exact) mass is 397 g/mol. The molecule has 1 aromatic carbocycles. The number of nitrogens with zero attached hydrogens (tertiary/aromatic N) is 3. The van der Waals surface area contributed by atoms with Crippen molar-refractivity contribution in [2.24, 2.45) is 0 Å². The fourth-order valence-electron chi connectivity index (χ4n) is 4.31. The largest absolute Gasteiger partial charge is 0.493 e. The molecule has 154 valence electrons. The first-order valence-corrected chi connectivity index (χ1v) is 10.3. The first-order chi connectivity index (χ1) is 14.1. The van der Waals surface area contributed by atoms with Crippen LogP contribution in [-0.2, 0) is 6.42 Å². The van der Waals surface area contributed by atoms with E-state index in [1.165, 1.54) is 0 Å². The van der Waals surface area contributed by atoms with Crippen molar-refractivity contribution in [1.29, 1.82) is 0 Å². The molecular formula is C22H29N4O3+. The number of nitrogens with one attached hydrogen (secondary N) is 1. The van der Waals surface area contributed by atoms with Gasteiger partial charge in [-0.25, -0.2) is 9.97 Å². The van der Waals surface area contributed by atoms with Crippen LogP contribution >= 0.6 is 0 Å². The first-order valence-electron chi connectivity index (χ1n) is 10.3.